The Balaban J connectivity index is 1.44. The highest BCUT2D eigenvalue weighted by Gasteiger charge is 2.26. The van der Waals surface area contributed by atoms with Gasteiger partial charge in [0.05, 0.1) is 11.5 Å². The average Bonchev–Trinajstić information content (AvgIpc) is 3.20. The van der Waals surface area contributed by atoms with E-state index in [4.69, 9.17) is 16.3 Å². The van der Waals surface area contributed by atoms with Gasteiger partial charge in [-0.25, -0.2) is 13.4 Å². The molecule has 158 valence electrons. The maximum absolute atomic E-state index is 12.9. The molecule has 0 bridgehead atoms. The van der Waals surface area contributed by atoms with Crippen LogP contribution in [0.15, 0.2) is 47.6 Å². The predicted molar refractivity (Wildman–Crippen MR) is 114 cm³/mol. The van der Waals surface area contributed by atoms with Crippen molar-refractivity contribution in [2.45, 2.75) is 30.8 Å². The zero-order chi connectivity index (χ0) is 21.1. The first kappa shape index (κ1) is 21.0. The average molecular weight is 448 g/mol. The fourth-order valence-corrected chi connectivity index (χ4v) is 5.33. The van der Waals surface area contributed by atoms with Crippen molar-refractivity contribution in [1.82, 2.24) is 14.3 Å². The van der Waals surface area contributed by atoms with E-state index in [2.05, 4.69) is 9.97 Å². The fourth-order valence-electron chi connectivity index (χ4n) is 3.59. The summed E-state index contributed by atoms with van der Waals surface area (Å²) in [6.45, 7) is 0.950. The number of ether oxygens (including phenoxy) is 1. The quantitative estimate of drug-likeness (QED) is 0.556. The molecular weight excluding hydrogens is 426 g/mol. The van der Waals surface area contributed by atoms with Crippen molar-refractivity contribution in [2.24, 2.45) is 0 Å². The Morgan fingerprint density at radius 1 is 1.20 bits per heavy atom. The molecule has 4 rings (SSSR count). The minimum Gasteiger partial charge on any atom is -0.369 e. The molecule has 0 saturated carbocycles. The molecule has 0 spiro atoms. The maximum Gasteiger partial charge on any atom is 0.243 e. The van der Waals surface area contributed by atoms with Crippen molar-refractivity contribution in [3.63, 3.8) is 0 Å². The van der Waals surface area contributed by atoms with Crippen molar-refractivity contribution in [3.05, 3.63) is 58.9 Å². The number of fused-ring (bicyclic) bond motifs is 1. The molecule has 2 aromatic heterocycles. The third-order valence-electron chi connectivity index (χ3n) is 5.21. The molecule has 1 aromatic carbocycles. The van der Waals surface area contributed by atoms with Crippen LogP contribution in [0.4, 0.5) is 0 Å². The van der Waals surface area contributed by atoms with Gasteiger partial charge in [-0.2, -0.15) is 4.31 Å². The highest BCUT2D eigenvalue weighted by molar-refractivity contribution is 7.89. The van der Waals surface area contributed by atoms with Crippen LogP contribution in [0.5, 0.6) is 0 Å². The highest BCUT2D eigenvalue weighted by atomic mass is 35.5. The lowest BCUT2D eigenvalue weighted by molar-refractivity contribution is 0.0728. The van der Waals surface area contributed by atoms with E-state index >= 15 is 0 Å². The molecule has 1 fully saturated rings. The van der Waals surface area contributed by atoms with Crippen molar-refractivity contribution in [1.29, 1.82) is 0 Å². The summed E-state index contributed by atoms with van der Waals surface area (Å²) in [5, 5.41) is 1.13. The number of sulfonamides is 1. The zero-order valence-electron chi connectivity index (χ0n) is 16.3. The van der Waals surface area contributed by atoms with E-state index in [1.807, 2.05) is 6.07 Å². The molecule has 0 radical (unpaired) electrons. The van der Waals surface area contributed by atoms with Crippen LogP contribution in [-0.4, -0.2) is 48.2 Å². The number of H-pyrrole nitrogens is 1. The van der Waals surface area contributed by atoms with Crippen molar-refractivity contribution in [2.75, 3.05) is 19.7 Å². The minimum absolute atomic E-state index is 0.0362. The number of hydrogen-bond acceptors (Lipinski definition) is 5. The number of pyridine rings is 1. The minimum atomic E-state index is -3.56. The van der Waals surface area contributed by atoms with E-state index in [0.29, 0.717) is 34.9 Å². The molecule has 7 nitrogen and oxygen atoms in total. The lowest BCUT2D eigenvalue weighted by Crippen LogP contribution is -2.35. The smallest absolute Gasteiger partial charge is 0.243 e. The van der Waals surface area contributed by atoms with E-state index < -0.39 is 10.0 Å². The molecule has 1 aliphatic rings. The molecule has 9 heteroatoms. The van der Waals surface area contributed by atoms with Crippen LogP contribution in [0.3, 0.4) is 0 Å². The molecule has 3 aromatic rings. The lowest BCUT2D eigenvalue weighted by atomic mass is 10.1. The van der Waals surface area contributed by atoms with Gasteiger partial charge in [0.1, 0.15) is 12.3 Å². The number of hydrogen-bond donors (Lipinski definition) is 1. The van der Waals surface area contributed by atoms with Crippen molar-refractivity contribution in [3.8, 4) is 0 Å². The second-order valence-corrected chi connectivity index (χ2v) is 9.58. The van der Waals surface area contributed by atoms with Gasteiger partial charge < -0.3 is 9.72 Å². The summed E-state index contributed by atoms with van der Waals surface area (Å²) in [5.74, 6) is -0.192. The summed E-state index contributed by atoms with van der Waals surface area (Å²) >= 11 is 6.24. The largest absolute Gasteiger partial charge is 0.369 e. The summed E-state index contributed by atoms with van der Waals surface area (Å²) in [5.41, 5.74) is 1.67. The molecule has 0 amide bonds. The van der Waals surface area contributed by atoms with Gasteiger partial charge in [0.15, 0.2) is 5.78 Å². The molecule has 1 saturated heterocycles. The summed E-state index contributed by atoms with van der Waals surface area (Å²) < 4.78 is 32.9. The Morgan fingerprint density at radius 3 is 2.80 bits per heavy atom. The third-order valence-corrected chi connectivity index (χ3v) is 7.48. The molecule has 1 aliphatic heterocycles. The topological polar surface area (TPSA) is 92.4 Å². The number of carbonyl (C=O) groups excluding carboxylic acids is 1. The van der Waals surface area contributed by atoms with E-state index in [0.717, 1.165) is 24.6 Å². The van der Waals surface area contributed by atoms with Crippen LogP contribution in [0.1, 0.15) is 35.2 Å². The zero-order valence-corrected chi connectivity index (χ0v) is 17.9. The van der Waals surface area contributed by atoms with Crippen LogP contribution in [0.25, 0.3) is 11.0 Å². The standard InChI is InChI=1S/C21H22ClN3O4S/c22-19-7-6-16(30(27,28)25-9-2-1-3-10-25)11-15(19)13-29-14-20(26)18-12-24-21-17(18)5-4-8-23-21/h4-8,11-12H,1-3,9-10,13-14H2,(H,23,24). The highest BCUT2D eigenvalue weighted by Crippen LogP contribution is 2.26. The number of ketones is 1. The monoisotopic (exact) mass is 447 g/mol. The third kappa shape index (κ3) is 4.27. The number of piperidine rings is 1. The number of nitrogens with one attached hydrogen (secondary N) is 1. The van der Waals surface area contributed by atoms with E-state index in [1.165, 1.54) is 16.4 Å². The predicted octanol–water partition coefficient (Wildman–Crippen LogP) is 3.79. The summed E-state index contributed by atoms with van der Waals surface area (Å²) in [4.78, 5) is 19.8. The van der Waals surface area contributed by atoms with Crippen molar-refractivity contribution < 1.29 is 17.9 Å². The second-order valence-electron chi connectivity index (χ2n) is 7.24. The Kier molecular flexibility index (Phi) is 6.19. The number of rotatable bonds is 7. The second kappa shape index (κ2) is 8.85. The molecule has 0 unspecified atom stereocenters. The normalized spacial score (nSPS) is 15.5. The van der Waals surface area contributed by atoms with E-state index in [9.17, 15) is 13.2 Å². The number of aromatic nitrogens is 2. The maximum atomic E-state index is 12.9. The first-order valence-electron chi connectivity index (χ1n) is 9.78. The van der Waals surface area contributed by atoms with E-state index in [-0.39, 0.29) is 23.9 Å². The molecule has 3 heterocycles. The fraction of sp³-hybridized carbons (Fsp3) is 0.333. The summed E-state index contributed by atoms with van der Waals surface area (Å²) in [6.07, 6.45) is 6.05. The van der Waals surface area contributed by atoms with Crippen molar-refractivity contribution >= 4 is 38.4 Å². The van der Waals surface area contributed by atoms with Gasteiger partial charge in [0.25, 0.3) is 0 Å². The Morgan fingerprint density at radius 2 is 2.00 bits per heavy atom. The number of Topliss-reactive ketones (excluding diaryl/α,β-unsaturated/α-hetero) is 1. The molecular formula is C21H22ClN3O4S. The summed E-state index contributed by atoms with van der Waals surface area (Å²) in [7, 11) is -3.56. The Hall–Kier alpha value is -2.26. The van der Waals surface area contributed by atoms with Gasteiger partial charge in [0.2, 0.25) is 10.0 Å². The Bertz CT molecular complexity index is 1170. The molecule has 30 heavy (non-hydrogen) atoms. The van der Waals surface area contributed by atoms with Gasteiger partial charge in [-0.3, -0.25) is 4.79 Å². The molecule has 0 atom stereocenters. The lowest BCUT2D eigenvalue weighted by Gasteiger charge is -2.26. The number of carbonyl (C=O) groups is 1. The number of benzene rings is 1. The van der Waals surface area contributed by atoms with Crippen LogP contribution in [-0.2, 0) is 21.4 Å². The number of halogens is 1. The summed E-state index contributed by atoms with van der Waals surface area (Å²) in [6, 6.07) is 8.19. The van der Waals surface area contributed by atoms with Gasteiger partial charge in [-0.15, -0.1) is 0 Å². The SMILES string of the molecule is O=C(COCc1cc(S(=O)(=O)N2CCCCC2)ccc1Cl)c1c[nH]c2ncccc12. The van der Waals surface area contributed by atoms with Crippen LogP contribution in [0.2, 0.25) is 5.02 Å². The number of nitrogens with zero attached hydrogens (tertiary/aromatic N) is 2. The molecule has 0 aliphatic carbocycles. The van der Waals surface area contributed by atoms with Gasteiger partial charge in [-0.05, 0) is 48.7 Å². The van der Waals surface area contributed by atoms with Crippen LogP contribution >= 0.6 is 11.6 Å². The van der Waals surface area contributed by atoms with E-state index in [1.54, 1.807) is 24.5 Å². The van der Waals surface area contributed by atoms with Crippen LogP contribution < -0.4 is 0 Å². The molecule has 1 N–H and O–H groups in total. The number of aromatic amines is 1. The first-order valence-corrected chi connectivity index (χ1v) is 11.6. The first-order chi connectivity index (χ1) is 14.5. The van der Waals surface area contributed by atoms with Gasteiger partial charge in [-0.1, -0.05) is 18.0 Å². The Labute approximate surface area is 180 Å². The van der Waals surface area contributed by atoms with Gasteiger partial charge in [0, 0.05) is 41.5 Å². The van der Waals surface area contributed by atoms with Gasteiger partial charge >= 0.3 is 0 Å². The van der Waals surface area contributed by atoms with Crippen LogP contribution in [0, 0.1) is 0 Å².